The summed E-state index contributed by atoms with van der Waals surface area (Å²) >= 11 is 6.14. The third kappa shape index (κ3) is 3.35. The SMILES string of the molecule is COC(=O)c1ccc2c(c1)CC[C@H]2N(c1ccccc1Cl)S(=O)(=O)O. The number of fused-ring (bicyclic) bond motifs is 1. The van der Waals surface area contributed by atoms with E-state index in [-0.39, 0.29) is 10.7 Å². The molecule has 3 rings (SSSR count). The van der Waals surface area contributed by atoms with E-state index in [0.717, 1.165) is 15.4 Å². The van der Waals surface area contributed by atoms with E-state index in [0.29, 0.717) is 18.4 Å². The minimum atomic E-state index is -4.54. The summed E-state index contributed by atoms with van der Waals surface area (Å²) in [5.74, 6) is -0.455. The number of esters is 1. The number of rotatable bonds is 4. The Morgan fingerprint density at radius 3 is 2.64 bits per heavy atom. The summed E-state index contributed by atoms with van der Waals surface area (Å²) in [6.45, 7) is 0. The highest BCUT2D eigenvalue weighted by Crippen LogP contribution is 2.42. The summed E-state index contributed by atoms with van der Waals surface area (Å²) in [4.78, 5) is 11.7. The lowest BCUT2D eigenvalue weighted by molar-refractivity contribution is 0.0600. The molecule has 1 aliphatic carbocycles. The van der Waals surface area contributed by atoms with Gasteiger partial charge < -0.3 is 4.74 Å². The van der Waals surface area contributed by atoms with Crippen LogP contribution in [-0.4, -0.2) is 26.0 Å². The first kappa shape index (κ1) is 17.7. The first-order chi connectivity index (χ1) is 11.8. The van der Waals surface area contributed by atoms with Crippen LogP contribution in [0.4, 0.5) is 5.69 Å². The molecule has 0 bridgehead atoms. The predicted octanol–water partition coefficient (Wildman–Crippen LogP) is 3.42. The van der Waals surface area contributed by atoms with Crippen LogP contribution in [0.5, 0.6) is 0 Å². The second-order valence-electron chi connectivity index (χ2n) is 5.68. The van der Waals surface area contributed by atoms with Crippen molar-refractivity contribution in [1.29, 1.82) is 0 Å². The Labute approximate surface area is 150 Å². The van der Waals surface area contributed by atoms with Crippen molar-refractivity contribution in [3.63, 3.8) is 0 Å². The van der Waals surface area contributed by atoms with Crippen LogP contribution in [0.15, 0.2) is 42.5 Å². The van der Waals surface area contributed by atoms with Gasteiger partial charge in [0.1, 0.15) is 0 Å². The average molecular weight is 382 g/mol. The minimum Gasteiger partial charge on any atom is -0.465 e. The minimum absolute atomic E-state index is 0.210. The summed E-state index contributed by atoms with van der Waals surface area (Å²) in [5.41, 5.74) is 2.18. The van der Waals surface area contributed by atoms with Gasteiger partial charge in [-0.05, 0) is 48.2 Å². The highest BCUT2D eigenvalue weighted by Gasteiger charge is 2.36. The number of methoxy groups -OCH3 is 1. The average Bonchev–Trinajstić information content (AvgIpc) is 2.98. The van der Waals surface area contributed by atoms with E-state index in [1.54, 1.807) is 36.4 Å². The van der Waals surface area contributed by atoms with Crippen molar-refractivity contribution in [3.8, 4) is 0 Å². The van der Waals surface area contributed by atoms with Gasteiger partial charge in [-0.2, -0.15) is 8.42 Å². The van der Waals surface area contributed by atoms with E-state index < -0.39 is 22.3 Å². The number of ether oxygens (including phenoxy) is 1. The van der Waals surface area contributed by atoms with Gasteiger partial charge in [-0.3, -0.25) is 4.55 Å². The number of nitrogens with zero attached hydrogens (tertiary/aromatic N) is 1. The van der Waals surface area contributed by atoms with Crippen LogP contribution in [0.1, 0.15) is 33.9 Å². The monoisotopic (exact) mass is 381 g/mol. The van der Waals surface area contributed by atoms with Gasteiger partial charge in [0, 0.05) is 0 Å². The molecule has 0 spiro atoms. The molecule has 0 amide bonds. The van der Waals surface area contributed by atoms with Crippen LogP contribution in [0.2, 0.25) is 5.02 Å². The summed E-state index contributed by atoms with van der Waals surface area (Å²) in [5, 5.41) is 0.222. The molecule has 1 atom stereocenters. The molecule has 8 heteroatoms. The van der Waals surface area contributed by atoms with Crippen LogP contribution in [-0.2, 0) is 21.5 Å². The second kappa shape index (κ2) is 6.67. The zero-order valence-electron chi connectivity index (χ0n) is 13.3. The number of hydrogen-bond donors (Lipinski definition) is 1. The molecule has 1 N–H and O–H groups in total. The maximum Gasteiger partial charge on any atom is 0.360 e. The van der Waals surface area contributed by atoms with Crippen molar-refractivity contribution in [3.05, 3.63) is 64.2 Å². The zero-order chi connectivity index (χ0) is 18.2. The number of para-hydroxylation sites is 1. The first-order valence-corrected chi connectivity index (χ1v) is 9.33. The normalized spacial score (nSPS) is 16.4. The summed E-state index contributed by atoms with van der Waals surface area (Å²) < 4.78 is 39.5. The van der Waals surface area contributed by atoms with Crippen LogP contribution in [0.25, 0.3) is 0 Å². The second-order valence-corrected chi connectivity index (χ2v) is 7.38. The lowest BCUT2D eigenvalue weighted by Crippen LogP contribution is -2.33. The van der Waals surface area contributed by atoms with Crippen molar-refractivity contribution in [2.24, 2.45) is 0 Å². The number of carbonyl (C=O) groups is 1. The highest BCUT2D eigenvalue weighted by molar-refractivity contribution is 7.87. The molecule has 0 saturated carbocycles. The topological polar surface area (TPSA) is 83.9 Å². The maximum atomic E-state index is 12.1. The first-order valence-electron chi connectivity index (χ1n) is 7.55. The van der Waals surface area contributed by atoms with Gasteiger partial charge in [0.2, 0.25) is 0 Å². The quantitative estimate of drug-likeness (QED) is 0.648. The molecule has 0 fully saturated rings. The predicted molar refractivity (Wildman–Crippen MR) is 94.3 cm³/mol. The number of hydrogen-bond acceptors (Lipinski definition) is 4. The van der Waals surface area contributed by atoms with Gasteiger partial charge in [-0.1, -0.05) is 29.8 Å². The standard InChI is InChI=1S/C17H16ClNO5S/c1-24-17(20)12-6-8-13-11(10-12)7-9-15(13)19(25(21,22)23)16-5-3-2-4-14(16)18/h2-6,8,10,15H,7,9H2,1H3,(H,21,22,23)/t15-/m1/s1. The molecule has 0 aliphatic heterocycles. The van der Waals surface area contributed by atoms with Crippen LogP contribution >= 0.6 is 11.6 Å². The molecular weight excluding hydrogens is 366 g/mol. The Bertz CT molecular complexity index is 928. The number of carbonyl (C=O) groups excluding carboxylic acids is 1. The third-order valence-electron chi connectivity index (χ3n) is 4.23. The van der Waals surface area contributed by atoms with Crippen molar-refractivity contribution in [2.75, 3.05) is 11.4 Å². The molecule has 0 aromatic heterocycles. The molecule has 0 unspecified atom stereocenters. The van der Waals surface area contributed by atoms with Gasteiger partial charge in [-0.25, -0.2) is 9.10 Å². The molecule has 2 aromatic carbocycles. The van der Waals surface area contributed by atoms with Crippen molar-refractivity contribution >= 4 is 33.6 Å². The van der Waals surface area contributed by atoms with Gasteiger partial charge in [0.15, 0.2) is 0 Å². The van der Waals surface area contributed by atoms with E-state index in [9.17, 15) is 17.8 Å². The number of benzene rings is 2. The lowest BCUT2D eigenvalue weighted by atomic mass is 10.0. The zero-order valence-corrected chi connectivity index (χ0v) is 14.9. The lowest BCUT2D eigenvalue weighted by Gasteiger charge is -2.28. The summed E-state index contributed by atoms with van der Waals surface area (Å²) in [7, 11) is -3.24. The Hall–Kier alpha value is -2.09. The van der Waals surface area contributed by atoms with Gasteiger partial charge in [0.25, 0.3) is 0 Å². The molecule has 0 saturated heterocycles. The van der Waals surface area contributed by atoms with Gasteiger partial charge in [0.05, 0.1) is 29.4 Å². The fraction of sp³-hybridized carbons (Fsp3) is 0.235. The van der Waals surface area contributed by atoms with E-state index in [1.165, 1.54) is 13.2 Å². The number of anilines is 1. The molecule has 1 aliphatic rings. The van der Waals surface area contributed by atoms with E-state index >= 15 is 0 Å². The Kier molecular flexibility index (Phi) is 4.73. The Morgan fingerprint density at radius 1 is 1.28 bits per heavy atom. The molecule has 25 heavy (non-hydrogen) atoms. The third-order valence-corrected chi connectivity index (χ3v) is 5.50. The Balaban J connectivity index is 2.07. The van der Waals surface area contributed by atoms with E-state index in [4.69, 9.17) is 16.3 Å². The van der Waals surface area contributed by atoms with Crippen LogP contribution in [0, 0.1) is 0 Å². The smallest absolute Gasteiger partial charge is 0.360 e. The van der Waals surface area contributed by atoms with Crippen molar-refractivity contribution in [2.45, 2.75) is 18.9 Å². The summed E-state index contributed by atoms with van der Waals surface area (Å²) in [6.07, 6.45) is 1.03. The molecular formula is C17H16ClNO5S. The highest BCUT2D eigenvalue weighted by atomic mass is 35.5. The van der Waals surface area contributed by atoms with Gasteiger partial charge >= 0.3 is 16.3 Å². The molecule has 132 valence electrons. The largest absolute Gasteiger partial charge is 0.465 e. The maximum absolute atomic E-state index is 12.1. The molecule has 6 nitrogen and oxygen atoms in total. The van der Waals surface area contributed by atoms with Crippen molar-refractivity contribution < 1.29 is 22.5 Å². The molecule has 0 radical (unpaired) electrons. The number of aryl methyl sites for hydroxylation is 1. The summed E-state index contributed by atoms with van der Waals surface area (Å²) in [6, 6.07) is 10.8. The molecule has 0 heterocycles. The van der Waals surface area contributed by atoms with Crippen LogP contribution in [0.3, 0.4) is 0 Å². The fourth-order valence-electron chi connectivity index (χ4n) is 3.17. The molecule has 2 aromatic rings. The van der Waals surface area contributed by atoms with E-state index in [2.05, 4.69) is 0 Å². The Morgan fingerprint density at radius 2 is 2.00 bits per heavy atom. The van der Waals surface area contributed by atoms with Crippen LogP contribution < -0.4 is 4.31 Å². The number of halogens is 1. The van der Waals surface area contributed by atoms with Crippen molar-refractivity contribution in [1.82, 2.24) is 0 Å². The van der Waals surface area contributed by atoms with Gasteiger partial charge in [-0.15, -0.1) is 0 Å². The van der Waals surface area contributed by atoms with E-state index in [1.807, 2.05) is 0 Å². The fourth-order valence-corrected chi connectivity index (χ4v) is 4.39.